The van der Waals surface area contributed by atoms with Gasteiger partial charge < -0.3 is 17.7 Å². The summed E-state index contributed by atoms with van der Waals surface area (Å²) < 4.78 is 84.2. The number of hydrogen-bond donors (Lipinski definition) is 0. The molecule has 1 fully saturated rings. The van der Waals surface area contributed by atoms with Gasteiger partial charge in [0.2, 0.25) is 45.6 Å². The molecule has 12 heteroatoms. The third-order valence-electron chi connectivity index (χ3n) is 23.4. The summed E-state index contributed by atoms with van der Waals surface area (Å²) in [5.41, 5.74) is 31.6. The minimum atomic E-state index is -2.28. The Kier molecular flexibility index (Phi) is 20.7. The summed E-state index contributed by atoms with van der Waals surface area (Å²) in [4.78, 5) is 18.9. The molecule has 12 aromatic heterocycles. The van der Waals surface area contributed by atoms with Crippen molar-refractivity contribution in [2.24, 2.45) is 28.2 Å². The standard InChI is InChI=1S/C27H31N2O.2C25H29N2O.C24H27N2O/c1-16(2)23-13-12-21-20-11-10-17(3)25(26(20)30-27(21)28-23)24-14-22(18(4)15-29(24)5)19-8-6-7-9-19;1-7-17-13-22(27(6)14-21(17)15(3)4)23-16(5)9-11-19-20-12-10-18(8-2)26-25(20)28-24(19)23;1-7-17-13-22(27(6)14-18(17)8-2)23-16(5)9-10-19-20-11-12-21(15(3)4)26-25(20)28-24(19)23;1-6-16-13-21(26(5)14-17(16)7-2)22-15(4)9-11-19-20-12-10-18(8-3)25-24(20)27-23(19)22/h10-16,19H,6-9H2,1-5H3;2*9-15H,7-8H2,1-6H3;9-14H,6-8H2,1-5H3/q4*+1/i4D3,19D;7D2;;. The van der Waals surface area contributed by atoms with Crippen molar-refractivity contribution < 1.29 is 44.2 Å². The fourth-order valence-corrected chi connectivity index (χ4v) is 16.8. The molecule has 1 aliphatic carbocycles. The van der Waals surface area contributed by atoms with Gasteiger partial charge in [-0.3, -0.25) is 0 Å². The number of aromatic nitrogens is 8. The molecule has 16 aromatic rings. The highest BCUT2D eigenvalue weighted by atomic mass is 16.4. The lowest BCUT2D eigenvalue weighted by molar-refractivity contribution is -0.661. The van der Waals surface area contributed by atoms with Gasteiger partial charge in [-0.05, 0) is 209 Å². The van der Waals surface area contributed by atoms with Gasteiger partial charge in [0.15, 0.2) is 47.1 Å². The van der Waals surface area contributed by atoms with Crippen LogP contribution in [0.15, 0.2) is 164 Å². The van der Waals surface area contributed by atoms with Crippen LogP contribution in [-0.2, 0) is 73.1 Å². The molecule has 580 valence electrons. The zero-order valence-electron chi connectivity index (χ0n) is 76.4. The largest absolute Gasteiger partial charge is 0.437 e. The molecular formula is C101H116N8O4+4. The van der Waals surface area contributed by atoms with E-state index in [4.69, 9.17) is 40.8 Å². The number of benzene rings is 4. The van der Waals surface area contributed by atoms with Crippen LogP contribution in [-0.4, -0.2) is 19.9 Å². The number of nitrogens with zero attached hydrogens (tertiary/aromatic N) is 8. The average Bonchev–Trinajstić information content (AvgIpc) is 1.66. The molecule has 12 heterocycles. The van der Waals surface area contributed by atoms with E-state index in [2.05, 4.69) is 264 Å². The van der Waals surface area contributed by atoms with E-state index in [1.807, 2.05) is 37.7 Å². The van der Waals surface area contributed by atoms with Crippen molar-refractivity contribution in [3.8, 4) is 45.0 Å². The maximum absolute atomic E-state index is 9.15. The van der Waals surface area contributed by atoms with Gasteiger partial charge in [0.1, 0.15) is 28.2 Å². The van der Waals surface area contributed by atoms with Crippen LogP contribution >= 0.6 is 0 Å². The minimum Gasteiger partial charge on any atom is -0.437 e. The molecule has 0 spiro atoms. The maximum Gasteiger partial charge on any atom is 0.227 e. The SMILES string of the molecule is CCc1cc(-c2c(C)ccc3c2oc2nc(C(C)C)ccc23)[n+](C)cc1CC.CCc1ccc2c(n1)oc1c(-c3cc(CC)c(CC)c[n+]3C)c(C)ccc12.[2H]C([2H])(C)c1cc(-c2c(C)ccc3c2oc2nc(CC)ccc23)[n+](C)cc1C(C)C.[2H]C([2H])([2H])c1c[n+](C)c(-c2c(C)ccc3c2oc2nc(C(C)C)ccc23)cc1C1([2H])CCCC1. The van der Waals surface area contributed by atoms with Crippen LogP contribution in [0.1, 0.15) is 237 Å². The number of fused-ring (bicyclic) bond motifs is 12. The van der Waals surface area contributed by atoms with E-state index in [0.717, 1.165) is 196 Å². The van der Waals surface area contributed by atoms with E-state index in [0.29, 0.717) is 41.7 Å². The van der Waals surface area contributed by atoms with Gasteiger partial charge in [0.05, 0.1) is 22.3 Å². The van der Waals surface area contributed by atoms with Crippen LogP contribution in [0.2, 0.25) is 0 Å². The molecule has 0 bridgehead atoms. The first-order valence-corrected chi connectivity index (χ1v) is 41.0. The lowest BCUT2D eigenvalue weighted by Gasteiger charge is -2.14. The first-order chi connectivity index (χ1) is 56.6. The highest BCUT2D eigenvalue weighted by molar-refractivity contribution is 6.12. The maximum atomic E-state index is 9.15. The molecular weight excluding hydrogens is 1390 g/mol. The molecule has 113 heavy (non-hydrogen) atoms. The molecule has 1 aliphatic rings. The Morgan fingerprint density at radius 2 is 0.699 bits per heavy atom. The van der Waals surface area contributed by atoms with Crippen LogP contribution in [0.5, 0.6) is 0 Å². The lowest BCUT2D eigenvalue weighted by Crippen LogP contribution is -2.32. The van der Waals surface area contributed by atoms with Crippen LogP contribution in [0.3, 0.4) is 0 Å². The summed E-state index contributed by atoms with van der Waals surface area (Å²) in [5.74, 6) is 0.0301. The summed E-state index contributed by atoms with van der Waals surface area (Å²) >= 11 is 0. The van der Waals surface area contributed by atoms with Crippen LogP contribution in [0.4, 0.5) is 0 Å². The molecule has 0 amide bonds. The summed E-state index contributed by atoms with van der Waals surface area (Å²) in [6, 6.07) is 42.4. The Morgan fingerprint density at radius 3 is 1.04 bits per heavy atom. The molecule has 0 aliphatic heterocycles. The van der Waals surface area contributed by atoms with E-state index >= 15 is 0 Å². The van der Waals surface area contributed by atoms with E-state index in [9.17, 15) is 0 Å². The van der Waals surface area contributed by atoms with Crippen molar-refractivity contribution in [2.75, 3.05) is 0 Å². The van der Waals surface area contributed by atoms with E-state index in [1.165, 1.54) is 55.9 Å². The first kappa shape index (κ1) is 71.3. The second-order valence-corrected chi connectivity index (χ2v) is 32.0. The molecule has 1 saturated carbocycles. The molecule has 0 saturated heterocycles. The minimum absolute atomic E-state index is 0.232. The van der Waals surface area contributed by atoms with Gasteiger partial charge in [-0.1, -0.05) is 151 Å². The third kappa shape index (κ3) is 15.0. The van der Waals surface area contributed by atoms with Crippen molar-refractivity contribution in [3.63, 3.8) is 0 Å². The number of furan rings is 4. The van der Waals surface area contributed by atoms with Gasteiger partial charge >= 0.3 is 0 Å². The molecule has 0 radical (unpaired) electrons. The van der Waals surface area contributed by atoms with Gasteiger partial charge in [-0.2, -0.15) is 0 Å². The molecule has 12 nitrogen and oxygen atoms in total. The second kappa shape index (κ2) is 32.8. The highest BCUT2D eigenvalue weighted by Crippen LogP contribution is 2.44. The molecule has 4 aromatic carbocycles. The Balaban J connectivity index is 0.000000131. The van der Waals surface area contributed by atoms with Gasteiger partial charge in [0.25, 0.3) is 0 Å². The second-order valence-electron chi connectivity index (χ2n) is 32.0. The monoisotopic (exact) mass is 1510 g/mol. The smallest absolute Gasteiger partial charge is 0.227 e. The van der Waals surface area contributed by atoms with E-state index in [1.54, 1.807) is 13.1 Å². The fraction of sp³-hybridized carbons (Fsp3) is 0.366. The van der Waals surface area contributed by atoms with Crippen molar-refractivity contribution in [1.29, 1.82) is 0 Å². The predicted octanol–water partition coefficient (Wildman–Crippen LogP) is 24.4. The summed E-state index contributed by atoms with van der Waals surface area (Å²) in [6.07, 6.45) is 16.0. The normalized spacial score (nSPS) is 13.9. The van der Waals surface area contributed by atoms with Gasteiger partial charge in [-0.15, -0.1) is 0 Å². The third-order valence-corrected chi connectivity index (χ3v) is 23.4. The summed E-state index contributed by atoms with van der Waals surface area (Å²) in [7, 11) is 8.15. The van der Waals surface area contributed by atoms with Gasteiger partial charge in [0, 0.05) is 121 Å². The van der Waals surface area contributed by atoms with E-state index in [-0.39, 0.29) is 11.5 Å². The van der Waals surface area contributed by atoms with Crippen LogP contribution < -0.4 is 18.3 Å². The topological polar surface area (TPSA) is 120 Å². The van der Waals surface area contributed by atoms with E-state index < -0.39 is 19.1 Å². The fourth-order valence-electron chi connectivity index (χ4n) is 16.8. The Bertz CT molecular complexity index is 6600. The Labute approximate surface area is 676 Å². The lowest BCUT2D eigenvalue weighted by atomic mass is 9.91. The summed E-state index contributed by atoms with van der Waals surface area (Å²) in [5, 5.41) is 8.45. The molecule has 0 atom stereocenters. The van der Waals surface area contributed by atoms with Gasteiger partial charge in [-0.25, -0.2) is 38.2 Å². The zero-order chi connectivity index (χ0) is 85.3. The molecule has 0 unspecified atom stereocenters. The zero-order valence-corrected chi connectivity index (χ0v) is 70.4. The molecule has 17 rings (SSSR count). The van der Waals surface area contributed by atoms with Crippen molar-refractivity contribution >= 4 is 88.3 Å². The highest BCUT2D eigenvalue weighted by Gasteiger charge is 2.30. The average molecular weight is 1510 g/mol. The summed E-state index contributed by atoms with van der Waals surface area (Å²) in [6.45, 7) is 33.6. The van der Waals surface area contributed by atoms with Crippen LogP contribution in [0.25, 0.3) is 133 Å². The van der Waals surface area contributed by atoms with Crippen LogP contribution in [0, 0.1) is 34.5 Å². The number of aryl methyl sites for hydroxylation is 16. The van der Waals surface area contributed by atoms with Crippen molar-refractivity contribution in [3.05, 3.63) is 236 Å². The molecule has 0 N–H and O–H groups in total. The first-order valence-electron chi connectivity index (χ1n) is 44.0. The Hall–Kier alpha value is -10.7. The quantitative estimate of drug-likeness (QED) is 0.0931. The van der Waals surface area contributed by atoms with Crippen molar-refractivity contribution in [2.45, 2.75) is 219 Å². The van der Waals surface area contributed by atoms with Crippen molar-refractivity contribution in [1.82, 2.24) is 19.9 Å². The Morgan fingerprint density at radius 1 is 0.372 bits per heavy atom. The number of hydrogen-bond acceptors (Lipinski definition) is 8. The number of rotatable bonds is 15. The predicted molar refractivity (Wildman–Crippen MR) is 465 cm³/mol. The number of pyridine rings is 8.